The molecule has 0 aromatic heterocycles. The van der Waals surface area contributed by atoms with Crippen molar-refractivity contribution in [3.8, 4) is 11.5 Å². The summed E-state index contributed by atoms with van der Waals surface area (Å²) in [6, 6.07) is 5.13. The molecule has 1 atom stereocenters. The van der Waals surface area contributed by atoms with E-state index in [2.05, 4.69) is 5.32 Å². The van der Waals surface area contributed by atoms with Crippen LogP contribution in [0.5, 0.6) is 11.5 Å². The van der Waals surface area contributed by atoms with Gasteiger partial charge in [-0.25, -0.2) is 0 Å². The lowest BCUT2D eigenvalue weighted by atomic mass is 10.0. The number of benzene rings is 1. The van der Waals surface area contributed by atoms with Gasteiger partial charge in [0.05, 0.1) is 25.4 Å². The van der Waals surface area contributed by atoms with Crippen LogP contribution in [-0.2, 0) is 0 Å². The Balaban J connectivity index is 2.09. The van der Waals surface area contributed by atoms with E-state index in [9.17, 15) is 9.90 Å². The molecule has 0 bridgehead atoms. The molecule has 110 valence electrons. The lowest BCUT2D eigenvalue weighted by Crippen LogP contribution is -2.42. The van der Waals surface area contributed by atoms with Gasteiger partial charge in [-0.05, 0) is 37.8 Å². The topological polar surface area (TPSA) is 67.8 Å². The van der Waals surface area contributed by atoms with Crippen molar-refractivity contribution in [3.05, 3.63) is 23.8 Å². The van der Waals surface area contributed by atoms with Crippen LogP contribution >= 0.6 is 0 Å². The third-order valence-corrected chi connectivity index (χ3v) is 3.71. The SMILES string of the molecule is COc1cccc(C(=O)NC[C@@](C)(O)C2CC2)c1OC. The second-order valence-electron chi connectivity index (χ2n) is 5.36. The van der Waals surface area contributed by atoms with Crippen LogP contribution in [0.25, 0.3) is 0 Å². The summed E-state index contributed by atoms with van der Waals surface area (Å²) in [5.41, 5.74) is -0.444. The van der Waals surface area contributed by atoms with E-state index in [0.29, 0.717) is 17.1 Å². The van der Waals surface area contributed by atoms with E-state index in [1.165, 1.54) is 14.2 Å². The lowest BCUT2D eigenvalue weighted by Gasteiger charge is -2.23. The van der Waals surface area contributed by atoms with E-state index in [4.69, 9.17) is 9.47 Å². The number of methoxy groups -OCH3 is 2. The second-order valence-corrected chi connectivity index (χ2v) is 5.36. The summed E-state index contributed by atoms with van der Waals surface area (Å²) < 4.78 is 10.4. The van der Waals surface area contributed by atoms with Gasteiger partial charge in [-0.1, -0.05) is 6.07 Å². The highest BCUT2D eigenvalue weighted by molar-refractivity contribution is 5.97. The summed E-state index contributed by atoms with van der Waals surface area (Å²) in [6.45, 7) is 1.99. The molecule has 0 saturated heterocycles. The Hall–Kier alpha value is -1.75. The first kappa shape index (κ1) is 14.7. The molecule has 0 heterocycles. The summed E-state index contributed by atoms with van der Waals surface area (Å²) in [4.78, 5) is 12.2. The Morgan fingerprint density at radius 2 is 2.10 bits per heavy atom. The Labute approximate surface area is 118 Å². The molecule has 20 heavy (non-hydrogen) atoms. The van der Waals surface area contributed by atoms with Crippen LogP contribution in [0, 0.1) is 5.92 Å². The molecule has 1 aromatic carbocycles. The van der Waals surface area contributed by atoms with Gasteiger partial charge in [0.15, 0.2) is 11.5 Å². The zero-order valence-electron chi connectivity index (χ0n) is 12.1. The maximum Gasteiger partial charge on any atom is 0.255 e. The Kier molecular flexibility index (Phi) is 4.18. The van der Waals surface area contributed by atoms with Crippen LogP contribution < -0.4 is 14.8 Å². The number of para-hydroxylation sites is 1. The van der Waals surface area contributed by atoms with Gasteiger partial charge in [-0.3, -0.25) is 4.79 Å². The number of aliphatic hydroxyl groups is 1. The number of hydrogen-bond acceptors (Lipinski definition) is 4. The van der Waals surface area contributed by atoms with Gasteiger partial charge < -0.3 is 19.9 Å². The highest BCUT2D eigenvalue weighted by Gasteiger charge is 2.40. The van der Waals surface area contributed by atoms with Crippen molar-refractivity contribution in [3.63, 3.8) is 0 Å². The first-order valence-electron chi connectivity index (χ1n) is 6.71. The molecular weight excluding hydrogens is 258 g/mol. The van der Waals surface area contributed by atoms with Crippen molar-refractivity contribution in [1.82, 2.24) is 5.32 Å². The fraction of sp³-hybridized carbons (Fsp3) is 0.533. The predicted octanol–water partition coefficient (Wildman–Crippen LogP) is 1.59. The minimum Gasteiger partial charge on any atom is -0.493 e. The Morgan fingerprint density at radius 3 is 2.65 bits per heavy atom. The molecule has 2 N–H and O–H groups in total. The molecule has 1 aromatic rings. The van der Waals surface area contributed by atoms with Crippen LogP contribution in [0.1, 0.15) is 30.1 Å². The van der Waals surface area contributed by atoms with Crippen molar-refractivity contribution in [2.24, 2.45) is 5.92 Å². The smallest absolute Gasteiger partial charge is 0.255 e. The maximum atomic E-state index is 12.2. The molecule has 5 nitrogen and oxygen atoms in total. The van der Waals surface area contributed by atoms with E-state index in [-0.39, 0.29) is 18.4 Å². The van der Waals surface area contributed by atoms with Gasteiger partial charge in [-0.2, -0.15) is 0 Å². The lowest BCUT2D eigenvalue weighted by molar-refractivity contribution is 0.0354. The van der Waals surface area contributed by atoms with Crippen molar-refractivity contribution in [2.45, 2.75) is 25.4 Å². The molecule has 0 radical (unpaired) electrons. The third-order valence-electron chi connectivity index (χ3n) is 3.71. The fourth-order valence-electron chi connectivity index (χ4n) is 2.27. The zero-order valence-corrected chi connectivity index (χ0v) is 12.1. The van der Waals surface area contributed by atoms with Gasteiger partial charge in [0.1, 0.15) is 0 Å². The first-order chi connectivity index (χ1) is 9.49. The zero-order chi connectivity index (χ0) is 14.8. The quantitative estimate of drug-likeness (QED) is 0.830. The second kappa shape index (κ2) is 5.71. The van der Waals surface area contributed by atoms with Crippen molar-refractivity contribution >= 4 is 5.91 Å². The molecule has 5 heteroatoms. The van der Waals surface area contributed by atoms with Gasteiger partial charge in [-0.15, -0.1) is 0 Å². The molecule has 1 aliphatic rings. The summed E-state index contributed by atoms with van der Waals surface area (Å²) in [6.07, 6.45) is 2.04. The van der Waals surface area contributed by atoms with E-state index >= 15 is 0 Å². The van der Waals surface area contributed by atoms with Crippen LogP contribution in [0.3, 0.4) is 0 Å². The predicted molar refractivity (Wildman–Crippen MR) is 75.2 cm³/mol. The minimum absolute atomic E-state index is 0.233. The number of ether oxygens (including phenoxy) is 2. The first-order valence-corrected chi connectivity index (χ1v) is 6.71. The summed E-state index contributed by atoms with van der Waals surface area (Å²) >= 11 is 0. The summed E-state index contributed by atoms with van der Waals surface area (Å²) in [5, 5.41) is 13.0. The normalized spacial score (nSPS) is 17.2. The average Bonchev–Trinajstić information content (AvgIpc) is 3.28. The van der Waals surface area contributed by atoms with Crippen molar-refractivity contribution in [1.29, 1.82) is 0 Å². The number of carbonyl (C=O) groups excluding carboxylic acids is 1. The van der Waals surface area contributed by atoms with E-state index in [0.717, 1.165) is 12.8 Å². The van der Waals surface area contributed by atoms with E-state index in [1.54, 1.807) is 25.1 Å². The van der Waals surface area contributed by atoms with Crippen molar-refractivity contribution < 1.29 is 19.4 Å². The van der Waals surface area contributed by atoms with Gasteiger partial charge >= 0.3 is 0 Å². The number of rotatable bonds is 6. The van der Waals surface area contributed by atoms with Crippen LogP contribution in [-0.4, -0.2) is 37.4 Å². The molecule has 2 rings (SSSR count). The highest BCUT2D eigenvalue weighted by atomic mass is 16.5. The molecule has 1 saturated carbocycles. The van der Waals surface area contributed by atoms with Gasteiger partial charge in [0.25, 0.3) is 5.91 Å². The van der Waals surface area contributed by atoms with E-state index in [1.807, 2.05) is 0 Å². The largest absolute Gasteiger partial charge is 0.493 e. The molecule has 0 aliphatic heterocycles. The summed E-state index contributed by atoms with van der Waals surface area (Å²) in [7, 11) is 3.02. The van der Waals surface area contributed by atoms with Gasteiger partial charge in [0, 0.05) is 6.54 Å². The monoisotopic (exact) mass is 279 g/mol. The highest BCUT2D eigenvalue weighted by Crippen LogP contribution is 2.39. The molecule has 1 amide bonds. The van der Waals surface area contributed by atoms with Crippen LogP contribution in [0.2, 0.25) is 0 Å². The molecular formula is C15H21NO4. The molecule has 1 aliphatic carbocycles. The molecule has 0 unspecified atom stereocenters. The number of amides is 1. The van der Waals surface area contributed by atoms with Crippen LogP contribution in [0.15, 0.2) is 18.2 Å². The minimum atomic E-state index is -0.845. The molecule has 1 fully saturated rings. The third kappa shape index (κ3) is 3.04. The maximum absolute atomic E-state index is 12.2. The summed E-state index contributed by atoms with van der Waals surface area (Å²) in [5.74, 6) is 0.921. The number of nitrogens with one attached hydrogen (secondary N) is 1. The number of carbonyl (C=O) groups is 1. The Bertz CT molecular complexity index is 495. The average molecular weight is 279 g/mol. The standard InChI is InChI=1S/C15H21NO4/c1-15(18,10-7-8-10)9-16-14(17)11-5-4-6-12(19-2)13(11)20-3/h4-6,10,18H,7-9H2,1-3H3,(H,16,17)/t15-/m1/s1. The number of hydrogen-bond donors (Lipinski definition) is 2. The molecule has 0 spiro atoms. The Morgan fingerprint density at radius 1 is 1.40 bits per heavy atom. The van der Waals surface area contributed by atoms with Gasteiger partial charge in [0.2, 0.25) is 0 Å². The fourth-order valence-corrected chi connectivity index (χ4v) is 2.27. The van der Waals surface area contributed by atoms with Crippen molar-refractivity contribution in [2.75, 3.05) is 20.8 Å². The van der Waals surface area contributed by atoms with Crippen LogP contribution in [0.4, 0.5) is 0 Å². The van der Waals surface area contributed by atoms with E-state index < -0.39 is 5.60 Å².